The second-order valence-electron chi connectivity index (χ2n) is 17.9. The van der Waals surface area contributed by atoms with E-state index in [2.05, 4.69) is 31.7 Å². The summed E-state index contributed by atoms with van der Waals surface area (Å²) < 4.78 is 5.38. The zero-order valence-electron chi connectivity index (χ0n) is 38.8. The number of nitrogens with zero attached hydrogens (tertiary/aromatic N) is 2. The second kappa shape index (κ2) is 24.4. The first kappa shape index (κ1) is 52.5. The molecular formula is C46H66N10O9S. The molecule has 10 N–H and O–H groups in total. The molecule has 1 aromatic heterocycles. The molecule has 20 heteroatoms. The maximum atomic E-state index is 14.9. The van der Waals surface area contributed by atoms with E-state index in [1.54, 1.807) is 51.2 Å². The number of H-pyrrole nitrogens is 1. The van der Waals surface area contributed by atoms with Crippen molar-refractivity contribution in [2.45, 2.75) is 121 Å². The maximum absolute atomic E-state index is 14.9. The Hall–Kier alpha value is -6.15. The van der Waals surface area contributed by atoms with Crippen molar-refractivity contribution in [3.8, 4) is 0 Å². The van der Waals surface area contributed by atoms with Gasteiger partial charge in [0.2, 0.25) is 35.4 Å². The number of ether oxygens (including phenoxy) is 1. The lowest BCUT2D eigenvalue weighted by atomic mass is 9.99. The van der Waals surface area contributed by atoms with Crippen LogP contribution in [0.5, 0.6) is 0 Å². The Morgan fingerprint density at radius 3 is 2.17 bits per heavy atom. The summed E-state index contributed by atoms with van der Waals surface area (Å²) in [4.78, 5) is 115. The van der Waals surface area contributed by atoms with Crippen molar-refractivity contribution in [1.82, 2.24) is 41.5 Å². The molecule has 66 heavy (non-hydrogen) atoms. The molecule has 0 saturated carbocycles. The first-order valence-corrected chi connectivity index (χ1v) is 23.5. The van der Waals surface area contributed by atoms with Gasteiger partial charge in [0.15, 0.2) is 0 Å². The van der Waals surface area contributed by atoms with Crippen LogP contribution in [0.2, 0.25) is 0 Å². The van der Waals surface area contributed by atoms with Gasteiger partial charge in [0.05, 0.1) is 0 Å². The van der Waals surface area contributed by atoms with E-state index in [0.717, 1.165) is 10.9 Å². The lowest BCUT2D eigenvalue weighted by molar-refractivity contribution is -0.144. The highest BCUT2D eigenvalue weighted by molar-refractivity contribution is 7.98. The lowest BCUT2D eigenvalue weighted by Crippen LogP contribution is -2.59. The second-order valence-corrected chi connectivity index (χ2v) is 18.8. The summed E-state index contributed by atoms with van der Waals surface area (Å²) in [7, 11) is 1.43. The average molecular weight is 935 g/mol. The molecule has 0 unspecified atom stereocenters. The molecule has 8 amide bonds. The van der Waals surface area contributed by atoms with Gasteiger partial charge in [0.1, 0.15) is 41.9 Å². The molecule has 2 aromatic carbocycles. The fraction of sp³-hybridized carbons (Fsp3) is 0.522. The number of nitrogens with two attached hydrogens (primary N) is 2. The third-order valence-corrected chi connectivity index (χ3v) is 11.7. The molecule has 6 atom stereocenters. The maximum Gasteiger partial charge on any atom is 0.408 e. The summed E-state index contributed by atoms with van der Waals surface area (Å²) >= 11 is 1.50. The van der Waals surface area contributed by atoms with E-state index < -0.39 is 89.3 Å². The van der Waals surface area contributed by atoms with E-state index in [4.69, 9.17) is 16.3 Å². The van der Waals surface area contributed by atoms with Crippen LogP contribution in [0.4, 0.5) is 4.79 Å². The highest BCUT2D eigenvalue weighted by Gasteiger charge is 2.42. The first-order valence-electron chi connectivity index (χ1n) is 22.1. The van der Waals surface area contributed by atoms with Crippen molar-refractivity contribution < 1.29 is 43.1 Å². The highest BCUT2D eigenvalue weighted by Crippen LogP contribution is 2.23. The average Bonchev–Trinajstić information content (AvgIpc) is 3.84. The summed E-state index contributed by atoms with van der Waals surface area (Å²) in [5, 5.41) is 11.7. The van der Waals surface area contributed by atoms with E-state index in [-0.39, 0.29) is 51.0 Å². The van der Waals surface area contributed by atoms with Gasteiger partial charge in [-0.25, -0.2) is 10.6 Å². The lowest BCUT2D eigenvalue weighted by Gasteiger charge is -2.33. The Bertz CT molecular complexity index is 2180. The predicted molar refractivity (Wildman–Crippen MR) is 251 cm³/mol. The van der Waals surface area contributed by atoms with Crippen molar-refractivity contribution in [3.05, 3.63) is 71.9 Å². The van der Waals surface area contributed by atoms with Crippen LogP contribution >= 0.6 is 11.8 Å². The number of carbonyl (C=O) groups is 8. The molecule has 19 nitrogen and oxygen atoms in total. The smallest absolute Gasteiger partial charge is 0.408 e. The number of rotatable bonds is 23. The van der Waals surface area contributed by atoms with Crippen LogP contribution in [0.25, 0.3) is 10.9 Å². The number of nitrogens with one attached hydrogen (secondary N) is 6. The van der Waals surface area contributed by atoms with E-state index in [9.17, 15) is 38.4 Å². The van der Waals surface area contributed by atoms with Gasteiger partial charge in [-0.1, -0.05) is 62.4 Å². The molecule has 360 valence electrons. The number of primary amides is 1. The van der Waals surface area contributed by atoms with Crippen molar-refractivity contribution in [2.24, 2.45) is 17.5 Å². The molecule has 3 aromatic rings. The minimum Gasteiger partial charge on any atom is -0.444 e. The largest absolute Gasteiger partial charge is 0.444 e. The quantitative estimate of drug-likeness (QED) is 0.0386. The van der Waals surface area contributed by atoms with Crippen molar-refractivity contribution in [2.75, 3.05) is 25.6 Å². The summed E-state index contributed by atoms with van der Waals surface area (Å²) in [6.45, 7) is 8.90. The first-order chi connectivity index (χ1) is 31.2. The number of alkyl carbamates (subject to hydrolysis) is 1. The number of aromatic amines is 1. The Kier molecular flexibility index (Phi) is 19.4. The Morgan fingerprint density at radius 1 is 0.879 bits per heavy atom. The number of aromatic nitrogens is 1. The third kappa shape index (κ3) is 15.2. The molecule has 0 bridgehead atoms. The number of carbonyl (C=O) groups excluding carboxylic acids is 8. The number of benzene rings is 2. The Morgan fingerprint density at radius 2 is 1.53 bits per heavy atom. The zero-order chi connectivity index (χ0) is 48.7. The zero-order valence-corrected chi connectivity index (χ0v) is 39.6. The summed E-state index contributed by atoms with van der Waals surface area (Å²) in [6, 6.07) is 9.60. The topological polar surface area (TPSA) is 280 Å². The Balaban J connectivity index is 1.65. The van der Waals surface area contributed by atoms with E-state index in [1.807, 2.05) is 50.4 Å². The number of thioether (sulfide) groups is 1. The van der Waals surface area contributed by atoms with Crippen molar-refractivity contribution in [1.29, 1.82) is 0 Å². The molecule has 0 aliphatic carbocycles. The molecule has 1 fully saturated rings. The molecule has 1 aliphatic rings. The monoisotopic (exact) mass is 934 g/mol. The minimum absolute atomic E-state index is 0.0192. The van der Waals surface area contributed by atoms with Crippen LogP contribution in [0.1, 0.15) is 77.8 Å². The predicted octanol–water partition coefficient (Wildman–Crippen LogP) is 1.78. The van der Waals surface area contributed by atoms with Gasteiger partial charge in [-0.2, -0.15) is 11.8 Å². The molecular weight excluding hydrogens is 869 g/mol. The number of para-hydroxylation sites is 1. The number of likely N-dealkylation sites (N-methyl/N-ethyl adjacent to an activating group) is 1. The molecule has 4 rings (SSSR count). The molecule has 2 heterocycles. The van der Waals surface area contributed by atoms with Crippen molar-refractivity contribution in [3.63, 3.8) is 0 Å². The summed E-state index contributed by atoms with van der Waals surface area (Å²) in [6.07, 6.45) is 2.94. The van der Waals surface area contributed by atoms with Gasteiger partial charge < -0.3 is 46.5 Å². The normalized spacial score (nSPS) is 16.1. The van der Waals surface area contributed by atoms with Gasteiger partial charge in [0.25, 0.3) is 5.91 Å². The van der Waals surface area contributed by atoms with Crippen LogP contribution in [0, 0.1) is 5.92 Å². The van der Waals surface area contributed by atoms with Crippen LogP contribution < -0.4 is 38.3 Å². The van der Waals surface area contributed by atoms with Crippen molar-refractivity contribution >= 4 is 70.1 Å². The number of likely N-dealkylation sites (tertiary alicyclic amines) is 1. The standard InChI is InChI=1S/C46H66N10O9S/c1-27(2)23-37(42(61)50-33(20-22-66-7)40(59)54-48)56-21-19-34(44(56)63)51-41(60)36(24-28-13-9-8-10-14-28)55(6)43(62)35(25-29-26-49-31-16-12-11-15-30(29)31)52-39(58)32(17-18-38(47)57)53-45(64)65-46(3,4)5/h8-16,26-27,32-37,49H,17-25,48H2,1-7H3,(H2,47,57)(H,50,61)(H,51,60)(H,52,58)(H,53,64)(H,54,59)/t32-,33-,34+,35+,36-,37-/m0/s1. The molecule has 0 radical (unpaired) electrons. The van der Waals surface area contributed by atoms with Crippen LogP contribution in [-0.2, 0) is 51.1 Å². The minimum atomic E-state index is -1.34. The fourth-order valence-electron chi connectivity index (χ4n) is 7.75. The highest BCUT2D eigenvalue weighted by atomic mass is 32.2. The summed E-state index contributed by atoms with van der Waals surface area (Å²) in [5.74, 6) is 1.56. The third-order valence-electron chi connectivity index (χ3n) is 11.1. The van der Waals surface area contributed by atoms with E-state index in [0.29, 0.717) is 23.3 Å². The fourth-order valence-corrected chi connectivity index (χ4v) is 8.22. The van der Waals surface area contributed by atoms with Gasteiger partial charge in [-0.3, -0.25) is 39.0 Å². The number of hydrogen-bond donors (Lipinski definition) is 8. The number of amides is 8. The van der Waals surface area contributed by atoms with E-state index >= 15 is 0 Å². The Labute approximate surface area is 389 Å². The molecule has 0 spiro atoms. The van der Waals surface area contributed by atoms with Gasteiger partial charge >= 0.3 is 6.09 Å². The summed E-state index contributed by atoms with van der Waals surface area (Å²) in [5.41, 5.74) is 8.77. The van der Waals surface area contributed by atoms with Gasteiger partial charge in [-0.15, -0.1) is 0 Å². The van der Waals surface area contributed by atoms with Crippen LogP contribution in [0.15, 0.2) is 60.8 Å². The molecule has 1 saturated heterocycles. The van der Waals surface area contributed by atoms with Gasteiger partial charge in [-0.05, 0) is 81.6 Å². The van der Waals surface area contributed by atoms with E-state index in [1.165, 1.54) is 28.6 Å². The number of hydrogen-bond acceptors (Lipinski definition) is 11. The van der Waals surface area contributed by atoms with Gasteiger partial charge in [0, 0.05) is 50.0 Å². The number of hydrazine groups is 1. The van der Waals surface area contributed by atoms with Crippen LogP contribution in [-0.4, -0.2) is 130 Å². The molecule has 1 aliphatic heterocycles. The van der Waals surface area contributed by atoms with Crippen LogP contribution in [0.3, 0.4) is 0 Å². The SMILES string of the molecule is CSCC[C@H](NC(=O)[C@H](CC(C)C)N1CC[C@@H](NC(=O)[C@H](Cc2ccccc2)N(C)C(=O)[C@@H](Cc2c[nH]c3ccccc23)NC(=O)[C@H](CCC(N)=O)NC(=O)OC(C)(C)C)C1=O)C(=O)NN. The number of fused-ring (bicyclic) bond motifs is 1.